The Labute approximate surface area is 186 Å². The van der Waals surface area contributed by atoms with Crippen LogP contribution < -0.4 is 10.6 Å². The van der Waals surface area contributed by atoms with Gasteiger partial charge in [-0.25, -0.2) is 4.39 Å². The first-order valence-electron chi connectivity index (χ1n) is 10.4. The van der Waals surface area contributed by atoms with E-state index >= 15 is 0 Å². The molecular weight excluding hydrogens is 403 g/mol. The van der Waals surface area contributed by atoms with Gasteiger partial charge in [0, 0.05) is 22.5 Å². The van der Waals surface area contributed by atoms with Crippen molar-refractivity contribution in [2.75, 3.05) is 10.6 Å². The second kappa shape index (κ2) is 9.39. The molecule has 0 spiro atoms. The monoisotopic (exact) mass is 426 g/mol. The molecule has 0 saturated heterocycles. The lowest BCUT2D eigenvalue weighted by Crippen LogP contribution is -2.12. The van der Waals surface area contributed by atoms with Crippen LogP contribution in [0.1, 0.15) is 35.7 Å². The SMILES string of the molecule is CC(C)c1ccc(NC(=O)c2cccc(Nc3ccc(-c4cccc(F)c4)nn3)c2)cc1. The Morgan fingerprint density at radius 1 is 0.844 bits per heavy atom. The smallest absolute Gasteiger partial charge is 0.255 e. The van der Waals surface area contributed by atoms with E-state index in [9.17, 15) is 9.18 Å². The van der Waals surface area contributed by atoms with Gasteiger partial charge >= 0.3 is 0 Å². The average Bonchev–Trinajstić information content (AvgIpc) is 2.80. The number of carbonyl (C=O) groups is 1. The van der Waals surface area contributed by atoms with Crippen molar-refractivity contribution >= 4 is 23.1 Å². The van der Waals surface area contributed by atoms with Gasteiger partial charge in [0.2, 0.25) is 0 Å². The van der Waals surface area contributed by atoms with Crippen LogP contribution in [0.5, 0.6) is 0 Å². The Bertz CT molecular complexity index is 1220. The van der Waals surface area contributed by atoms with E-state index in [1.54, 1.807) is 42.5 Å². The van der Waals surface area contributed by atoms with E-state index in [1.807, 2.05) is 30.3 Å². The Morgan fingerprint density at radius 3 is 2.31 bits per heavy atom. The van der Waals surface area contributed by atoms with Crippen LogP contribution in [0.3, 0.4) is 0 Å². The standard InChI is InChI=1S/C26H23FN4O/c1-17(2)18-9-11-22(12-10-18)29-26(32)20-6-4-8-23(16-20)28-25-14-13-24(30-31-25)19-5-3-7-21(27)15-19/h3-17H,1-2H3,(H,28,31)(H,29,32). The molecule has 0 radical (unpaired) electrons. The Balaban J connectivity index is 1.44. The molecule has 32 heavy (non-hydrogen) atoms. The van der Waals surface area contributed by atoms with Crippen molar-refractivity contribution in [2.24, 2.45) is 0 Å². The number of carbonyl (C=O) groups excluding carboxylic acids is 1. The van der Waals surface area contributed by atoms with Crippen LogP contribution in [-0.2, 0) is 0 Å². The Morgan fingerprint density at radius 2 is 1.62 bits per heavy atom. The van der Waals surface area contributed by atoms with Crippen LogP contribution in [0.25, 0.3) is 11.3 Å². The first kappa shape index (κ1) is 21.2. The van der Waals surface area contributed by atoms with Gasteiger partial charge in [-0.3, -0.25) is 4.79 Å². The van der Waals surface area contributed by atoms with Crippen LogP contribution >= 0.6 is 0 Å². The number of rotatable bonds is 6. The number of amides is 1. The van der Waals surface area contributed by atoms with Crippen molar-refractivity contribution in [1.82, 2.24) is 10.2 Å². The molecule has 160 valence electrons. The van der Waals surface area contributed by atoms with E-state index in [0.717, 1.165) is 5.69 Å². The normalized spacial score (nSPS) is 10.8. The zero-order valence-corrected chi connectivity index (χ0v) is 17.8. The second-order valence-corrected chi connectivity index (χ2v) is 7.75. The summed E-state index contributed by atoms with van der Waals surface area (Å²) in [7, 11) is 0. The number of nitrogens with one attached hydrogen (secondary N) is 2. The molecule has 0 unspecified atom stereocenters. The Hall–Kier alpha value is -4.06. The fourth-order valence-corrected chi connectivity index (χ4v) is 3.24. The molecule has 2 N–H and O–H groups in total. The summed E-state index contributed by atoms with van der Waals surface area (Å²) in [6.07, 6.45) is 0. The summed E-state index contributed by atoms with van der Waals surface area (Å²) in [4.78, 5) is 12.7. The van der Waals surface area contributed by atoms with Crippen molar-refractivity contribution in [3.63, 3.8) is 0 Å². The third-order valence-corrected chi connectivity index (χ3v) is 5.02. The molecule has 4 aromatic rings. The van der Waals surface area contributed by atoms with Crippen molar-refractivity contribution in [3.05, 3.63) is 102 Å². The minimum absolute atomic E-state index is 0.196. The quantitative estimate of drug-likeness (QED) is 0.374. The number of halogens is 1. The van der Waals surface area contributed by atoms with E-state index in [1.165, 1.54) is 17.7 Å². The van der Waals surface area contributed by atoms with Gasteiger partial charge in [0.1, 0.15) is 5.82 Å². The maximum absolute atomic E-state index is 13.4. The number of benzene rings is 3. The molecule has 6 heteroatoms. The highest BCUT2D eigenvalue weighted by Gasteiger charge is 2.09. The summed E-state index contributed by atoms with van der Waals surface area (Å²) in [6, 6.07) is 24.7. The molecular formula is C26H23FN4O. The number of aromatic nitrogens is 2. The zero-order valence-electron chi connectivity index (χ0n) is 17.8. The maximum Gasteiger partial charge on any atom is 0.255 e. The molecule has 5 nitrogen and oxygen atoms in total. The number of anilines is 3. The van der Waals surface area contributed by atoms with Crippen molar-refractivity contribution in [1.29, 1.82) is 0 Å². The van der Waals surface area contributed by atoms with E-state index in [4.69, 9.17) is 0 Å². The topological polar surface area (TPSA) is 66.9 Å². The molecule has 0 fully saturated rings. The predicted octanol–water partition coefficient (Wildman–Crippen LogP) is 6.40. The first-order chi connectivity index (χ1) is 15.5. The fourth-order valence-electron chi connectivity index (χ4n) is 3.24. The number of hydrogen-bond acceptors (Lipinski definition) is 4. The summed E-state index contributed by atoms with van der Waals surface area (Å²) in [5, 5.41) is 14.4. The maximum atomic E-state index is 13.4. The van der Waals surface area contributed by atoms with Gasteiger partial charge in [-0.15, -0.1) is 10.2 Å². The molecule has 1 amide bonds. The summed E-state index contributed by atoms with van der Waals surface area (Å²) in [5.41, 5.74) is 4.43. The highest BCUT2D eigenvalue weighted by Crippen LogP contribution is 2.21. The highest BCUT2D eigenvalue weighted by molar-refractivity contribution is 6.04. The van der Waals surface area contributed by atoms with E-state index in [-0.39, 0.29) is 11.7 Å². The van der Waals surface area contributed by atoms with Gasteiger partial charge in [0.25, 0.3) is 5.91 Å². The lowest BCUT2D eigenvalue weighted by Gasteiger charge is -2.10. The molecule has 3 aromatic carbocycles. The van der Waals surface area contributed by atoms with Gasteiger partial charge in [-0.1, -0.05) is 44.2 Å². The minimum atomic E-state index is -0.322. The highest BCUT2D eigenvalue weighted by atomic mass is 19.1. The van der Waals surface area contributed by atoms with Gasteiger partial charge in [-0.2, -0.15) is 0 Å². The first-order valence-corrected chi connectivity index (χ1v) is 10.4. The van der Waals surface area contributed by atoms with Gasteiger partial charge < -0.3 is 10.6 Å². The van der Waals surface area contributed by atoms with Gasteiger partial charge in [0.05, 0.1) is 5.69 Å². The van der Waals surface area contributed by atoms with Gasteiger partial charge in [-0.05, 0) is 66.1 Å². The molecule has 0 saturated carbocycles. The van der Waals surface area contributed by atoms with Crippen molar-refractivity contribution < 1.29 is 9.18 Å². The summed E-state index contributed by atoms with van der Waals surface area (Å²) < 4.78 is 13.4. The van der Waals surface area contributed by atoms with E-state index < -0.39 is 0 Å². The number of hydrogen-bond donors (Lipinski definition) is 2. The van der Waals surface area contributed by atoms with Crippen LogP contribution in [0.15, 0.2) is 84.9 Å². The molecule has 1 heterocycles. The Kier molecular flexibility index (Phi) is 6.22. The zero-order chi connectivity index (χ0) is 22.5. The molecule has 0 aliphatic rings. The molecule has 0 aliphatic carbocycles. The van der Waals surface area contributed by atoms with Crippen LogP contribution in [0, 0.1) is 5.82 Å². The third-order valence-electron chi connectivity index (χ3n) is 5.02. The van der Waals surface area contributed by atoms with Crippen LogP contribution in [-0.4, -0.2) is 16.1 Å². The fraction of sp³-hybridized carbons (Fsp3) is 0.115. The second-order valence-electron chi connectivity index (χ2n) is 7.75. The molecule has 0 aliphatic heterocycles. The van der Waals surface area contributed by atoms with Crippen LogP contribution in [0.2, 0.25) is 0 Å². The van der Waals surface area contributed by atoms with E-state index in [2.05, 4.69) is 34.7 Å². The van der Waals surface area contributed by atoms with Crippen molar-refractivity contribution in [2.45, 2.75) is 19.8 Å². The number of nitrogens with zero attached hydrogens (tertiary/aromatic N) is 2. The molecule has 0 atom stereocenters. The van der Waals surface area contributed by atoms with E-state index in [0.29, 0.717) is 34.2 Å². The summed E-state index contributed by atoms with van der Waals surface area (Å²) in [6.45, 7) is 4.26. The lowest BCUT2D eigenvalue weighted by molar-refractivity contribution is 0.102. The predicted molar refractivity (Wildman–Crippen MR) is 126 cm³/mol. The minimum Gasteiger partial charge on any atom is -0.339 e. The van der Waals surface area contributed by atoms with Crippen molar-refractivity contribution in [3.8, 4) is 11.3 Å². The molecule has 1 aromatic heterocycles. The largest absolute Gasteiger partial charge is 0.339 e. The lowest BCUT2D eigenvalue weighted by atomic mass is 10.0. The summed E-state index contributed by atoms with van der Waals surface area (Å²) in [5.74, 6) is 0.441. The molecule has 4 rings (SSSR count). The molecule has 0 bridgehead atoms. The van der Waals surface area contributed by atoms with Gasteiger partial charge in [0.15, 0.2) is 5.82 Å². The van der Waals surface area contributed by atoms with Crippen LogP contribution in [0.4, 0.5) is 21.6 Å². The average molecular weight is 426 g/mol. The summed E-state index contributed by atoms with van der Waals surface area (Å²) >= 11 is 0. The third kappa shape index (κ3) is 5.16.